The molecule has 98 valence electrons. The highest BCUT2D eigenvalue weighted by atomic mass is 16.2. The zero-order valence-electron chi connectivity index (χ0n) is 10.8. The minimum absolute atomic E-state index is 0.136. The fraction of sp³-hybridized carbons (Fsp3) is 0.571. The topological polar surface area (TPSA) is 62.0 Å². The summed E-state index contributed by atoms with van der Waals surface area (Å²) in [5.74, 6) is 0.476. The van der Waals surface area contributed by atoms with Crippen molar-refractivity contribution in [3.63, 3.8) is 0 Å². The van der Waals surface area contributed by atoms with Gasteiger partial charge in [-0.05, 0) is 31.2 Å². The van der Waals surface area contributed by atoms with Gasteiger partial charge in [-0.2, -0.15) is 0 Å². The maximum atomic E-state index is 12.0. The van der Waals surface area contributed by atoms with E-state index in [1.54, 1.807) is 6.07 Å². The van der Waals surface area contributed by atoms with Crippen LogP contribution in [0.5, 0.6) is 0 Å². The molecule has 2 N–H and O–H groups in total. The smallest absolute Gasteiger partial charge is 0.251 e. The van der Waals surface area contributed by atoms with E-state index >= 15 is 0 Å². The Balaban J connectivity index is 1.99. The van der Waals surface area contributed by atoms with Crippen molar-refractivity contribution in [3.05, 3.63) is 33.7 Å². The van der Waals surface area contributed by atoms with Crippen molar-refractivity contribution in [1.29, 1.82) is 0 Å². The molecule has 1 heterocycles. The third-order valence-electron chi connectivity index (χ3n) is 3.57. The van der Waals surface area contributed by atoms with Gasteiger partial charge in [0.1, 0.15) is 0 Å². The van der Waals surface area contributed by atoms with Gasteiger partial charge in [0.05, 0.1) is 0 Å². The van der Waals surface area contributed by atoms with Crippen LogP contribution < -0.4 is 10.9 Å². The SMILES string of the molecule is CCc1cc(C(=O)NCC2CCCC2)cc(=O)[nH]1. The second kappa shape index (κ2) is 5.85. The van der Waals surface area contributed by atoms with E-state index in [0.717, 1.165) is 18.7 Å². The summed E-state index contributed by atoms with van der Waals surface area (Å²) in [7, 11) is 0. The van der Waals surface area contributed by atoms with Crippen LogP contribution in [0.3, 0.4) is 0 Å². The second-order valence-electron chi connectivity index (χ2n) is 4.97. The van der Waals surface area contributed by atoms with Crippen LogP contribution in [0.4, 0.5) is 0 Å². The summed E-state index contributed by atoms with van der Waals surface area (Å²) < 4.78 is 0. The van der Waals surface area contributed by atoms with Crippen molar-refractivity contribution in [2.45, 2.75) is 39.0 Å². The maximum Gasteiger partial charge on any atom is 0.251 e. The summed E-state index contributed by atoms with van der Waals surface area (Å²) in [6.45, 7) is 2.68. The molecule has 0 unspecified atom stereocenters. The molecule has 1 aliphatic carbocycles. The quantitative estimate of drug-likeness (QED) is 0.854. The van der Waals surface area contributed by atoms with Gasteiger partial charge in [-0.15, -0.1) is 0 Å². The summed E-state index contributed by atoms with van der Waals surface area (Å²) in [4.78, 5) is 26.1. The van der Waals surface area contributed by atoms with E-state index in [9.17, 15) is 9.59 Å². The highest BCUT2D eigenvalue weighted by Gasteiger charge is 2.16. The van der Waals surface area contributed by atoms with Gasteiger partial charge in [0.2, 0.25) is 5.56 Å². The molecule has 18 heavy (non-hydrogen) atoms. The zero-order valence-corrected chi connectivity index (χ0v) is 10.8. The van der Waals surface area contributed by atoms with Crippen molar-refractivity contribution < 1.29 is 4.79 Å². The molecule has 0 saturated heterocycles. The predicted molar refractivity (Wildman–Crippen MR) is 70.7 cm³/mol. The molecular weight excluding hydrogens is 228 g/mol. The largest absolute Gasteiger partial charge is 0.352 e. The minimum Gasteiger partial charge on any atom is -0.352 e. The summed E-state index contributed by atoms with van der Waals surface area (Å²) >= 11 is 0. The highest BCUT2D eigenvalue weighted by Crippen LogP contribution is 2.23. The standard InChI is InChI=1S/C14H20N2O2/c1-2-12-7-11(8-13(17)16-12)14(18)15-9-10-5-3-4-6-10/h7-8,10H,2-6,9H2,1H3,(H,15,18)(H,16,17). The molecule has 1 aromatic heterocycles. The monoisotopic (exact) mass is 248 g/mol. The fourth-order valence-corrected chi connectivity index (χ4v) is 2.48. The lowest BCUT2D eigenvalue weighted by Crippen LogP contribution is -2.29. The Morgan fingerprint density at radius 3 is 2.78 bits per heavy atom. The van der Waals surface area contributed by atoms with Crippen molar-refractivity contribution in [3.8, 4) is 0 Å². The van der Waals surface area contributed by atoms with E-state index < -0.39 is 0 Å². The molecule has 1 fully saturated rings. The molecule has 1 saturated carbocycles. The molecule has 1 aliphatic rings. The van der Waals surface area contributed by atoms with Crippen LogP contribution in [0.25, 0.3) is 0 Å². The van der Waals surface area contributed by atoms with Gasteiger partial charge < -0.3 is 10.3 Å². The molecule has 0 radical (unpaired) electrons. The van der Waals surface area contributed by atoms with Crippen molar-refractivity contribution in [2.75, 3.05) is 6.54 Å². The van der Waals surface area contributed by atoms with Gasteiger partial charge in [0.25, 0.3) is 5.91 Å². The number of amides is 1. The van der Waals surface area contributed by atoms with Crippen LogP contribution in [-0.4, -0.2) is 17.4 Å². The number of aromatic nitrogens is 1. The Labute approximate surface area is 107 Å². The third-order valence-corrected chi connectivity index (χ3v) is 3.57. The van der Waals surface area contributed by atoms with E-state index in [1.165, 1.54) is 31.7 Å². The molecule has 1 aromatic rings. The van der Waals surface area contributed by atoms with Gasteiger partial charge in [-0.3, -0.25) is 9.59 Å². The summed E-state index contributed by atoms with van der Waals surface area (Å²) in [5.41, 5.74) is 1.06. The molecule has 2 rings (SSSR count). The molecule has 0 aliphatic heterocycles. The lowest BCUT2D eigenvalue weighted by atomic mass is 10.1. The molecule has 0 bridgehead atoms. The van der Waals surface area contributed by atoms with E-state index in [1.807, 2.05) is 6.92 Å². The Bertz CT molecular complexity index is 473. The van der Waals surface area contributed by atoms with E-state index in [2.05, 4.69) is 10.3 Å². The van der Waals surface area contributed by atoms with E-state index in [-0.39, 0.29) is 11.5 Å². The summed E-state index contributed by atoms with van der Waals surface area (Å²) in [6, 6.07) is 3.12. The molecule has 0 aromatic carbocycles. The van der Waals surface area contributed by atoms with Crippen LogP contribution in [-0.2, 0) is 6.42 Å². The molecule has 1 amide bonds. The van der Waals surface area contributed by atoms with E-state index in [0.29, 0.717) is 11.5 Å². The first-order valence-electron chi connectivity index (χ1n) is 6.70. The molecular formula is C14H20N2O2. The molecule has 0 atom stereocenters. The fourth-order valence-electron chi connectivity index (χ4n) is 2.48. The van der Waals surface area contributed by atoms with E-state index in [4.69, 9.17) is 0 Å². The normalized spacial score (nSPS) is 15.8. The lowest BCUT2D eigenvalue weighted by Gasteiger charge is -2.10. The minimum atomic E-state index is -0.208. The van der Waals surface area contributed by atoms with Gasteiger partial charge >= 0.3 is 0 Å². The van der Waals surface area contributed by atoms with Gasteiger partial charge in [0, 0.05) is 23.9 Å². The number of hydrogen-bond donors (Lipinski definition) is 2. The summed E-state index contributed by atoms with van der Waals surface area (Å²) in [5, 5.41) is 2.93. The zero-order chi connectivity index (χ0) is 13.0. The number of aromatic amines is 1. The van der Waals surface area contributed by atoms with Crippen molar-refractivity contribution in [2.24, 2.45) is 5.92 Å². The first-order chi connectivity index (χ1) is 8.69. The van der Waals surface area contributed by atoms with Crippen molar-refractivity contribution >= 4 is 5.91 Å². The molecule has 0 spiro atoms. The van der Waals surface area contributed by atoms with Crippen LogP contribution in [0.2, 0.25) is 0 Å². The number of carbonyl (C=O) groups is 1. The Kier molecular flexibility index (Phi) is 4.18. The van der Waals surface area contributed by atoms with Crippen molar-refractivity contribution in [1.82, 2.24) is 10.3 Å². The maximum absolute atomic E-state index is 12.0. The Morgan fingerprint density at radius 1 is 1.39 bits per heavy atom. The third kappa shape index (κ3) is 3.22. The Hall–Kier alpha value is -1.58. The summed E-state index contributed by atoms with van der Waals surface area (Å²) in [6.07, 6.45) is 5.67. The average Bonchev–Trinajstić information content (AvgIpc) is 2.88. The number of carbonyl (C=O) groups excluding carboxylic acids is 1. The highest BCUT2D eigenvalue weighted by molar-refractivity contribution is 5.94. The number of pyridine rings is 1. The van der Waals surface area contributed by atoms with Gasteiger partial charge in [0.15, 0.2) is 0 Å². The number of H-pyrrole nitrogens is 1. The number of aryl methyl sites for hydroxylation is 1. The first-order valence-corrected chi connectivity index (χ1v) is 6.70. The average molecular weight is 248 g/mol. The molecule has 4 nitrogen and oxygen atoms in total. The van der Waals surface area contributed by atoms with Gasteiger partial charge in [-0.25, -0.2) is 0 Å². The predicted octanol–water partition coefficient (Wildman–Crippen LogP) is 1.86. The van der Waals surface area contributed by atoms with Crippen LogP contribution in [0.15, 0.2) is 16.9 Å². The lowest BCUT2D eigenvalue weighted by molar-refractivity contribution is 0.0947. The number of rotatable bonds is 4. The second-order valence-corrected chi connectivity index (χ2v) is 4.97. The van der Waals surface area contributed by atoms with Crippen LogP contribution in [0.1, 0.15) is 48.7 Å². The van der Waals surface area contributed by atoms with Crippen LogP contribution in [0, 0.1) is 5.92 Å². The van der Waals surface area contributed by atoms with Crippen LogP contribution >= 0.6 is 0 Å². The van der Waals surface area contributed by atoms with Gasteiger partial charge in [-0.1, -0.05) is 19.8 Å². The first kappa shape index (κ1) is 12.9. The number of hydrogen-bond acceptors (Lipinski definition) is 2. The number of nitrogens with one attached hydrogen (secondary N) is 2. The molecule has 4 heteroatoms. The Morgan fingerprint density at radius 2 is 2.11 bits per heavy atom.